The second-order valence-electron chi connectivity index (χ2n) is 5.55. The molecule has 0 saturated carbocycles. The second kappa shape index (κ2) is 8.25. The number of anilines is 1. The van der Waals surface area contributed by atoms with E-state index in [2.05, 4.69) is 38.2 Å². The van der Waals surface area contributed by atoms with Crippen molar-refractivity contribution in [2.24, 2.45) is 5.92 Å². The van der Waals surface area contributed by atoms with Gasteiger partial charge < -0.3 is 16.0 Å². The molecular weight excluding hydrogens is 286 g/mol. The van der Waals surface area contributed by atoms with Crippen molar-refractivity contribution in [2.45, 2.75) is 32.7 Å². The van der Waals surface area contributed by atoms with Crippen molar-refractivity contribution in [1.29, 1.82) is 0 Å². The number of nitrogens with one attached hydrogen (secondary N) is 1. The Morgan fingerprint density at radius 3 is 2.43 bits per heavy atom. The number of hydrogen-bond acceptors (Lipinski definition) is 3. The Hall–Kier alpha value is -1.26. The molecule has 0 aliphatic heterocycles. The molecule has 118 valence electrons. The van der Waals surface area contributed by atoms with Gasteiger partial charge in [-0.1, -0.05) is 38.3 Å². The molecule has 3 N–H and O–H groups in total. The Morgan fingerprint density at radius 2 is 1.95 bits per heavy atom. The monoisotopic (exact) mass is 311 g/mol. The first-order valence-electron chi connectivity index (χ1n) is 7.40. The molecule has 1 amide bonds. The summed E-state index contributed by atoms with van der Waals surface area (Å²) in [6.45, 7) is 5.00. The van der Waals surface area contributed by atoms with Crippen LogP contribution >= 0.6 is 11.6 Å². The molecule has 0 bridgehead atoms. The van der Waals surface area contributed by atoms with E-state index in [0.29, 0.717) is 34.8 Å². The average Bonchev–Trinajstić information content (AvgIpc) is 2.45. The molecule has 0 aromatic heterocycles. The smallest absolute Gasteiger partial charge is 0.251 e. The molecule has 1 atom stereocenters. The summed E-state index contributed by atoms with van der Waals surface area (Å²) in [7, 11) is 4.10. The highest BCUT2D eigenvalue weighted by Gasteiger charge is 2.21. The van der Waals surface area contributed by atoms with Crippen LogP contribution in [0, 0.1) is 5.92 Å². The molecule has 0 radical (unpaired) electrons. The van der Waals surface area contributed by atoms with Crippen molar-refractivity contribution in [2.75, 3.05) is 26.4 Å². The zero-order valence-electron chi connectivity index (χ0n) is 13.3. The highest BCUT2D eigenvalue weighted by atomic mass is 35.5. The fraction of sp³-hybridized carbons (Fsp3) is 0.562. The first-order valence-corrected chi connectivity index (χ1v) is 7.78. The van der Waals surface area contributed by atoms with Crippen molar-refractivity contribution < 1.29 is 4.79 Å². The first kappa shape index (κ1) is 17.8. The van der Waals surface area contributed by atoms with Gasteiger partial charge in [-0.25, -0.2) is 0 Å². The van der Waals surface area contributed by atoms with Crippen LogP contribution in [0.25, 0.3) is 0 Å². The third kappa shape index (κ3) is 4.90. The van der Waals surface area contributed by atoms with Gasteiger partial charge in [-0.05, 0) is 38.2 Å². The van der Waals surface area contributed by atoms with Gasteiger partial charge in [-0.2, -0.15) is 0 Å². The molecule has 1 aromatic rings. The topological polar surface area (TPSA) is 58.4 Å². The lowest BCUT2D eigenvalue weighted by Crippen LogP contribution is -2.44. The van der Waals surface area contributed by atoms with E-state index in [4.69, 9.17) is 17.3 Å². The molecule has 1 rings (SSSR count). The average molecular weight is 312 g/mol. The molecule has 5 heteroatoms. The maximum absolute atomic E-state index is 12.2. The van der Waals surface area contributed by atoms with Gasteiger partial charge in [0, 0.05) is 18.2 Å². The Labute approximate surface area is 132 Å². The van der Waals surface area contributed by atoms with Crippen molar-refractivity contribution in [3.8, 4) is 0 Å². The molecule has 0 saturated heterocycles. The van der Waals surface area contributed by atoms with Gasteiger partial charge in [0.05, 0.1) is 10.7 Å². The van der Waals surface area contributed by atoms with Gasteiger partial charge in [-0.15, -0.1) is 0 Å². The summed E-state index contributed by atoms with van der Waals surface area (Å²) in [5.74, 6) is 0.449. The number of halogens is 1. The van der Waals surface area contributed by atoms with Gasteiger partial charge in [0.2, 0.25) is 0 Å². The fourth-order valence-corrected chi connectivity index (χ4v) is 2.75. The Bertz CT molecular complexity index is 473. The molecule has 0 fully saturated rings. The number of nitrogen functional groups attached to an aromatic ring is 1. The van der Waals surface area contributed by atoms with Crippen molar-refractivity contribution in [3.05, 3.63) is 28.8 Å². The number of nitrogens with two attached hydrogens (primary N) is 1. The number of benzene rings is 1. The van der Waals surface area contributed by atoms with Crippen LogP contribution < -0.4 is 11.1 Å². The molecule has 1 unspecified atom stereocenters. The number of likely N-dealkylation sites (N-methyl/N-ethyl adjacent to an activating group) is 1. The number of carbonyl (C=O) groups excluding carboxylic acids is 1. The predicted molar refractivity (Wildman–Crippen MR) is 89.7 cm³/mol. The van der Waals surface area contributed by atoms with Gasteiger partial charge in [0.1, 0.15) is 0 Å². The number of carbonyl (C=O) groups is 1. The quantitative estimate of drug-likeness (QED) is 0.761. The Kier molecular flexibility index (Phi) is 6.99. The summed E-state index contributed by atoms with van der Waals surface area (Å²) in [5.41, 5.74) is 6.68. The Morgan fingerprint density at radius 1 is 1.33 bits per heavy atom. The minimum absolute atomic E-state index is 0.116. The molecule has 21 heavy (non-hydrogen) atoms. The number of nitrogens with zero attached hydrogens (tertiary/aromatic N) is 1. The third-order valence-corrected chi connectivity index (χ3v) is 4.32. The van der Waals surface area contributed by atoms with Crippen LogP contribution in [0.3, 0.4) is 0 Å². The van der Waals surface area contributed by atoms with Gasteiger partial charge >= 0.3 is 0 Å². The van der Waals surface area contributed by atoms with E-state index in [0.717, 1.165) is 12.8 Å². The van der Waals surface area contributed by atoms with Gasteiger partial charge in [0.25, 0.3) is 5.91 Å². The second-order valence-corrected chi connectivity index (χ2v) is 5.96. The van der Waals surface area contributed by atoms with Crippen LogP contribution in [-0.2, 0) is 0 Å². The van der Waals surface area contributed by atoms with Gasteiger partial charge in [-0.3, -0.25) is 4.79 Å². The van der Waals surface area contributed by atoms with E-state index in [1.807, 2.05) is 0 Å². The minimum Gasteiger partial charge on any atom is -0.398 e. The summed E-state index contributed by atoms with van der Waals surface area (Å²) >= 11 is 5.95. The highest BCUT2D eigenvalue weighted by Crippen LogP contribution is 2.20. The molecule has 0 spiro atoms. The Balaban J connectivity index is 2.71. The lowest BCUT2D eigenvalue weighted by molar-refractivity contribution is 0.0929. The van der Waals surface area contributed by atoms with Crippen LogP contribution in [0.15, 0.2) is 18.2 Å². The van der Waals surface area contributed by atoms with Crippen LogP contribution in [0.4, 0.5) is 5.69 Å². The summed E-state index contributed by atoms with van der Waals surface area (Å²) in [4.78, 5) is 14.4. The van der Waals surface area contributed by atoms with Crippen molar-refractivity contribution >= 4 is 23.2 Å². The first-order chi connectivity index (χ1) is 9.90. The molecule has 4 nitrogen and oxygen atoms in total. The molecule has 1 aromatic carbocycles. The highest BCUT2D eigenvalue weighted by molar-refractivity contribution is 6.33. The molecule has 0 aliphatic rings. The number of hydrogen-bond donors (Lipinski definition) is 2. The van der Waals surface area contributed by atoms with E-state index in [9.17, 15) is 4.79 Å². The number of rotatable bonds is 7. The lowest BCUT2D eigenvalue weighted by Gasteiger charge is -2.31. The normalized spacial score (nSPS) is 12.7. The molecular formula is C16H26ClN3O. The zero-order valence-corrected chi connectivity index (χ0v) is 14.1. The fourth-order valence-electron chi connectivity index (χ4n) is 2.57. The minimum atomic E-state index is -0.116. The summed E-state index contributed by atoms with van der Waals surface area (Å²) in [5, 5.41) is 3.41. The summed E-state index contributed by atoms with van der Waals surface area (Å²) in [6, 6.07) is 5.28. The van der Waals surface area contributed by atoms with Crippen LogP contribution in [0.1, 0.15) is 37.0 Å². The van der Waals surface area contributed by atoms with Crippen LogP contribution in [-0.4, -0.2) is 37.5 Å². The van der Waals surface area contributed by atoms with Crippen molar-refractivity contribution in [3.63, 3.8) is 0 Å². The van der Waals surface area contributed by atoms with E-state index in [1.54, 1.807) is 18.2 Å². The largest absolute Gasteiger partial charge is 0.398 e. The SMILES string of the molecule is CCC(CC)C(CNC(=O)c1ccc(N)c(Cl)c1)N(C)C. The maximum atomic E-state index is 12.2. The van der Waals surface area contributed by atoms with Crippen molar-refractivity contribution in [1.82, 2.24) is 10.2 Å². The zero-order chi connectivity index (χ0) is 16.0. The van der Waals surface area contributed by atoms with E-state index in [-0.39, 0.29) is 5.91 Å². The van der Waals surface area contributed by atoms with Crippen LogP contribution in [0.2, 0.25) is 5.02 Å². The van der Waals surface area contributed by atoms with E-state index >= 15 is 0 Å². The lowest BCUT2D eigenvalue weighted by atomic mass is 9.93. The van der Waals surface area contributed by atoms with Crippen LogP contribution in [0.5, 0.6) is 0 Å². The maximum Gasteiger partial charge on any atom is 0.251 e. The summed E-state index contributed by atoms with van der Waals surface area (Å²) < 4.78 is 0. The molecule has 0 aliphatic carbocycles. The van der Waals surface area contributed by atoms with Gasteiger partial charge in [0.15, 0.2) is 0 Å². The molecule has 0 heterocycles. The third-order valence-electron chi connectivity index (χ3n) is 3.99. The predicted octanol–water partition coefficient (Wildman–Crippen LogP) is 3.02. The number of amides is 1. The van der Waals surface area contributed by atoms with E-state index < -0.39 is 0 Å². The van der Waals surface area contributed by atoms with E-state index in [1.165, 1.54) is 0 Å². The standard InChI is InChI=1S/C16H26ClN3O/c1-5-11(6-2)15(20(3)4)10-19-16(21)12-7-8-14(18)13(17)9-12/h7-9,11,15H,5-6,10,18H2,1-4H3,(H,19,21). The summed E-state index contributed by atoms with van der Waals surface area (Å²) in [6.07, 6.45) is 2.20.